The van der Waals surface area contributed by atoms with Crippen molar-refractivity contribution in [3.05, 3.63) is 59.2 Å². The van der Waals surface area contributed by atoms with Gasteiger partial charge < -0.3 is 19.7 Å². The highest BCUT2D eigenvalue weighted by Crippen LogP contribution is 2.34. The van der Waals surface area contributed by atoms with Crippen molar-refractivity contribution in [3.8, 4) is 11.5 Å². The van der Waals surface area contributed by atoms with E-state index in [1.165, 1.54) is 0 Å². The van der Waals surface area contributed by atoms with E-state index in [0.717, 1.165) is 48.3 Å². The standard InChI is InChI=1S/C26H32N2O4/c1-17(2)24(27-25(29)21-11-7-4-8-18(21)3)26(30)28(20-9-5-6-10-20)15-19-12-13-22-23(14-19)32-16-31-22/h4,7-8,11-14,17,20,24H,5-6,9-10,15-16H2,1-3H3,(H,27,29)/t24-/m1/s1. The molecule has 1 fully saturated rings. The lowest BCUT2D eigenvalue weighted by Gasteiger charge is -2.34. The van der Waals surface area contributed by atoms with Crippen LogP contribution in [-0.4, -0.2) is 35.6 Å². The van der Waals surface area contributed by atoms with Crippen molar-refractivity contribution in [3.63, 3.8) is 0 Å². The Kier molecular flexibility index (Phi) is 6.68. The summed E-state index contributed by atoms with van der Waals surface area (Å²) < 4.78 is 10.9. The van der Waals surface area contributed by atoms with E-state index in [1.807, 2.05) is 62.1 Å². The minimum absolute atomic E-state index is 0.0218. The van der Waals surface area contributed by atoms with Crippen LogP contribution in [0.3, 0.4) is 0 Å². The maximum Gasteiger partial charge on any atom is 0.252 e. The number of aryl methyl sites for hydroxylation is 1. The Morgan fingerprint density at radius 3 is 2.50 bits per heavy atom. The number of nitrogens with zero attached hydrogens (tertiary/aromatic N) is 1. The minimum atomic E-state index is -0.586. The van der Waals surface area contributed by atoms with Gasteiger partial charge in [0.05, 0.1) is 0 Å². The smallest absolute Gasteiger partial charge is 0.252 e. The molecule has 2 aliphatic rings. The van der Waals surface area contributed by atoms with Crippen LogP contribution >= 0.6 is 0 Å². The monoisotopic (exact) mass is 436 g/mol. The van der Waals surface area contributed by atoms with E-state index in [2.05, 4.69) is 5.32 Å². The number of fused-ring (bicyclic) bond motifs is 1. The molecule has 4 rings (SSSR count). The van der Waals surface area contributed by atoms with Gasteiger partial charge in [-0.25, -0.2) is 0 Å². The molecule has 6 nitrogen and oxygen atoms in total. The number of carbonyl (C=O) groups excluding carboxylic acids is 2. The zero-order chi connectivity index (χ0) is 22.7. The molecule has 6 heteroatoms. The minimum Gasteiger partial charge on any atom is -0.454 e. The van der Waals surface area contributed by atoms with E-state index in [0.29, 0.717) is 12.1 Å². The number of nitrogens with one attached hydrogen (secondary N) is 1. The zero-order valence-electron chi connectivity index (χ0n) is 19.1. The van der Waals surface area contributed by atoms with E-state index in [-0.39, 0.29) is 30.6 Å². The molecule has 0 bridgehead atoms. The maximum atomic E-state index is 13.8. The highest BCUT2D eigenvalue weighted by atomic mass is 16.7. The number of ether oxygens (including phenoxy) is 2. The Balaban J connectivity index is 1.56. The molecule has 1 atom stereocenters. The number of hydrogen-bond acceptors (Lipinski definition) is 4. The fraction of sp³-hybridized carbons (Fsp3) is 0.462. The van der Waals surface area contributed by atoms with Gasteiger partial charge in [0.1, 0.15) is 6.04 Å². The summed E-state index contributed by atoms with van der Waals surface area (Å²) in [5.74, 6) is 1.19. The van der Waals surface area contributed by atoms with Gasteiger partial charge in [-0.1, -0.05) is 51.0 Å². The second kappa shape index (κ2) is 9.63. The van der Waals surface area contributed by atoms with Crippen molar-refractivity contribution in [2.75, 3.05) is 6.79 Å². The molecule has 1 aliphatic heterocycles. The van der Waals surface area contributed by atoms with Crippen molar-refractivity contribution < 1.29 is 19.1 Å². The van der Waals surface area contributed by atoms with E-state index in [4.69, 9.17) is 9.47 Å². The average molecular weight is 437 g/mol. The third kappa shape index (κ3) is 4.74. The molecule has 170 valence electrons. The average Bonchev–Trinajstić information content (AvgIpc) is 3.47. The van der Waals surface area contributed by atoms with Crippen LogP contribution in [0.5, 0.6) is 11.5 Å². The van der Waals surface area contributed by atoms with Crippen LogP contribution in [0.25, 0.3) is 0 Å². The van der Waals surface area contributed by atoms with Gasteiger partial charge in [0.25, 0.3) is 5.91 Å². The van der Waals surface area contributed by atoms with Crippen molar-refractivity contribution in [1.29, 1.82) is 0 Å². The first kappa shape index (κ1) is 22.2. The summed E-state index contributed by atoms with van der Waals surface area (Å²) in [7, 11) is 0. The molecule has 0 aromatic heterocycles. The van der Waals surface area contributed by atoms with Crippen LogP contribution in [0.1, 0.15) is 61.0 Å². The molecular formula is C26H32N2O4. The number of amides is 2. The molecule has 0 saturated heterocycles. The fourth-order valence-corrected chi connectivity index (χ4v) is 4.58. The molecule has 0 radical (unpaired) electrons. The molecule has 1 N–H and O–H groups in total. The molecule has 2 aromatic carbocycles. The molecule has 2 aromatic rings. The van der Waals surface area contributed by atoms with E-state index in [1.54, 1.807) is 6.07 Å². The van der Waals surface area contributed by atoms with Crippen LogP contribution in [0.15, 0.2) is 42.5 Å². The lowest BCUT2D eigenvalue weighted by molar-refractivity contribution is -0.137. The molecule has 1 saturated carbocycles. The van der Waals surface area contributed by atoms with Gasteiger partial charge in [0, 0.05) is 18.2 Å². The molecule has 1 heterocycles. The van der Waals surface area contributed by atoms with Crippen molar-refractivity contribution in [2.45, 2.75) is 65.1 Å². The predicted molar refractivity (Wildman–Crippen MR) is 123 cm³/mol. The third-order valence-electron chi connectivity index (χ3n) is 6.45. The highest BCUT2D eigenvalue weighted by Gasteiger charge is 2.34. The van der Waals surface area contributed by atoms with Gasteiger partial charge in [-0.2, -0.15) is 0 Å². The topological polar surface area (TPSA) is 67.9 Å². The van der Waals surface area contributed by atoms with Gasteiger partial charge in [-0.3, -0.25) is 9.59 Å². The largest absolute Gasteiger partial charge is 0.454 e. The SMILES string of the molecule is Cc1ccccc1C(=O)N[C@@H](C(=O)N(Cc1ccc2c(c1)OCO2)C1CCCC1)C(C)C. The Morgan fingerprint density at radius 1 is 1.06 bits per heavy atom. The van der Waals surface area contributed by atoms with Gasteiger partial charge in [0.2, 0.25) is 12.7 Å². The fourth-order valence-electron chi connectivity index (χ4n) is 4.58. The molecule has 32 heavy (non-hydrogen) atoms. The van der Waals surface area contributed by atoms with Crippen LogP contribution in [-0.2, 0) is 11.3 Å². The summed E-state index contributed by atoms with van der Waals surface area (Å²) >= 11 is 0. The Morgan fingerprint density at radius 2 is 1.78 bits per heavy atom. The summed E-state index contributed by atoms with van der Waals surface area (Å²) in [6, 6.07) is 12.9. The number of benzene rings is 2. The molecule has 2 amide bonds. The first-order valence-electron chi connectivity index (χ1n) is 11.5. The summed E-state index contributed by atoms with van der Waals surface area (Å²) in [6.45, 7) is 6.59. The summed E-state index contributed by atoms with van der Waals surface area (Å²) in [5.41, 5.74) is 2.50. The van der Waals surface area contributed by atoms with Gasteiger partial charge in [-0.15, -0.1) is 0 Å². The Labute approximate surface area is 189 Å². The predicted octanol–water partition coefficient (Wildman–Crippen LogP) is 4.45. The van der Waals surface area contributed by atoms with Gasteiger partial charge >= 0.3 is 0 Å². The normalized spacial score (nSPS) is 16.2. The lowest BCUT2D eigenvalue weighted by Crippen LogP contribution is -2.53. The molecular weight excluding hydrogens is 404 g/mol. The summed E-state index contributed by atoms with van der Waals surface area (Å²) in [6.07, 6.45) is 4.23. The van der Waals surface area contributed by atoms with Gasteiger partial charge in [0.15, 0.2) is 11.5 Å². The van der Waals surface area contributed by atoms with Crippen molar-refractivity contribution in [1.82, 2.24) is 10.2 Å². The molecule has 0 unspecified atom stereocenters. The zero-order valence-corrected chi connectivity index (χ0v) is 19.1. The second-order valence-corrected chi connectivity index (χ2v) is 9.10. The van der Waals surface area contributed by atoms with Crippen LogP contribution in [0.2, 0.25) is 0 Å². The maximum absolute atomic E-state index is 13.8. The van der Waals surface area contributed by atoms with Crippen molar-refractivity contribution in [2.24, 2.45) is 5.92 Å². The first-order valence-corrected chi connectivity index (χ1v) is 11.5. The lowest BCUT2D eigenvalue weighted by atomic mass is 9.99. The van der Waals surface area contributed by atoms with E-state index >= 15 is 0 Å². The van der Waals surface area contributed by atoms with Gasteiger partial charge in [-0.05, 0) is 55.0 Å². The number of rotatable bonds is 7. The first-order chi connectivity index (χ1) is 15.4. The molecule has 0 spiro atoms. The highest BCUT2D eigenvalue weighted by molar-refractivity contribution is 5.98. The summed E-state index contributed by atoms with van der Waals surface area (Å²) in [4.78, 5) is 28.8. The Hall–Kier alpha value is -3.02. The number of hydrogen-bond donors (Lipinski definition) is 1. The van der Waals surface area contributed by atoms with Crippen LogP contribution in [0.4, 0.5) is 0 Å². The van der Waals surface area contributed by atoms with Crippen LogP contribution < -0.4 is 14.8 Å². The summed E-state index contributed by atoms with van der Waals surface area (Å²) in [5, 5.41) is 3.03. The second-order valence-electron chi connectivity index (χ2n) is 9.10. The van der Waals surface area contributed by atoms with Crippen LogP contribution in [0, 0.1) is 12.8 Å². The molecule has 1 aliphatic carbocycles. The van der Waals surface area contributed by atoms with E-state index in [9.17, 15) is 9.59 Å². The third-order valence-corrected chi connectivity index (χ3v) is 6.45. The van der Waals surface area contributed by atoms with Crippen molar-refractivity contribution >= 4 is 11.8 Å². The quantitative estimate of drug-likeness (QED) is 0.696. The Bertz CT molecular complexity index is 982. The number of carbonyl (C=O) groups is 2. The van der Waals surface area contributed by atoms with E-state index < -0.39 is 6.04 Å².